The summed E-state index contributed by atoms with van der Waals surface area (Å²) < 4.78 is 13.3. The number of nitrogens with one attached hydrogen (secondary N) is 4. The molecule has 0 radical (unpaired) electrons. The monoisotopic (exact) mass is 748 g/mol. The molecule has 0 aliphatic heterocycles. The van der Waals surface area contributed by atoms with Crippen LogP contribution in [0.1, 0.15) is 47.6 Å². The molecule has 12 heteroatoms. The van der Waals surface area contributed by atoms with E-state index in [1.807, 2.05) is 43.3 Å². The molecule has 10 nitrogen and oxygen atoms in total. The Balaban J connectivity index is 1.52. The maximum Gasteiger partial charge on any atom is 0.142 e. The molecule has 3 aromatic carbocycles. The topological polar surface area (TPSA) is 156 Å². The highest BCUT2D eigenvalue weighted by Crippen LogP contribution is 2.38. The minimum absolute atomic E-state index is 0.0154. The van der Waals surface area contributed by atoms with Crippen LogP contribution >= 0.6 is 27.5 Å². The van der Waals surface area contributed by atoms with Crippen LogP contribution in [-0.4, -0.2) is 60.3 Å². The number of unbranched alkanes of at least 4 members (excludes halogenated alkanes) is 1. The first kappa shape index (κ1) is 37.8. The Morgan fingerprint density at radius 3 is 2.53 bits per heavy atom. The van der Waals surface area contributed by atoms with Crippen LogP contribution in [0.4, 0.5) is 5.69 Å². The van der Waals surface area contributed by atoms with E-state index in [1.165, 1.54) is 12.4 Å². The lowest BCUT2D eigenvalue weighted by Crippen LogP contribution is -2.28. The summed E-state index contributed by atoms with van der Waals surface area (Å²) in [5.74, 6) is 0.989. The standard InChI is InChI=1S/C37H42BrClN6O4/c1-25(22-47)45-21-29-15-33(39)36(16-35(29)48-23-27-14-26(17-40)19-43-20-27)49-24-28-6-4-8-31(37(28)38)30-7-5-9-34(32(30)18-41)44-11-3-2-10-42-12-13-46/h4-9,14-16,18-20,25,41-42,44-47H,2-3,10-13,21-24H2,1H3. The lowest BCUT2D eigenvalue weighted by molar-refractivity contribution is 0.249. The maximum absolute atomic E-state index is 9.49. The third kappa shape index (κ3) is 11.0. The normalized spacial score (nSPS) is 11.5. The lowest BCUT2D eigenvalue weighted by Gasteiger charge is -2.18. The SMILES string of the molecule is CC(CO)NCc1cc(Cl)c(OCc2cccc(-c3cccc(NCCCCNCCO)c3C=N)c2Br)cc1OCc1cncc(C#N)c1. The van der Waals surface area contributed by atoms with E-state index in [0.29, 0.717) is 35.2 Å². The van der Waals surface area contributed by atoms with Crippen LogP contribution in [0.2, 0.25) is 5.02 Å². The van der Waals surface area contributed by atoms with Crippen molar-refractivity contribution in [2.24, 2.45) is 0 Å². The number of rotatable bonds is 20. The summed E-state index contributed by atoms with van der Waals surface area (Å²) in [7, 11) is 0. The Hall–Kier alpha value is -4.02. The number of aromatic nitrogens is 1. The van der Waals surface area contributed by atoms with Crippen LogP contribution < -0.4 is 25.4 Å². The van der Waals surface area contributed by atoms with Gasteiger partial charge in [0.2, 0.25) is 0 Å². The van der Waals surface area contributed by atoms with Crippen molar-refractivity contribution in [1.82, 2.24) is 15.6 Å². The summed E-state index contributed by atoms with van der Waals surface area (Å²) >= 11 is 10.5. The number of nitrogens with zero attached hydrogens (tertiary/aromatic N) is 2. The number of pyridine rings is 1. The van der Waals surface area contributed by atoms with Crippen LogP contribution in [0.3, 0.4) is 0 Å². The average Bonchev–Trinajstić information content (AvgIpc) is 3.12. The van der Waals surface area contributed by atoms with Gasteiger partial charge in [0.25, 0.3) is 0 Å². The fourth-order valence-corrected chi connectivity index (χ4v) is 5.90. The zero-order valence-corrected chi connectivity index (χ0v) is 29.8. The summed E-state index contributed by atoms with van der Waals surface area (Å²) in [6.07, 6.45) is 6.46. The second-order valence-electron chi connectivity index (χ2n) is 11.4. The molecule has 258 valence electrons. The van der Waals surface area contributed by atoms with Gasteiger partial charge in [0, 0.05) is 82.8 Å². The maximum atomic E-state index is 9.49. The first-order valence-corrected chi connectivity index (χ1v) is 17.3. The largest absolute Gasteiger partial charge is 0.488 e. The first-order chi connectivity index (χ1) is 23.9. The summed E-state index contributed by atoms with van der Waals surface area (Å²) in [6, 6.07) is 19.2. The summed E-state index contributed by atoms with van der Waals surface area (Å²) in [5.41, 5.74) is 6.40. The highest BCUT2D eigenvalue weighted by molar-refractivity contribution is 9.10. The number of anilines is 1. The Bertz CT molecular complexity index is 1730. The summed E-state index contributed by atoms with van der Waals surface area (Å²) in [4.78, 5) is 4.12. The Morgan fingerprint density at radius 1 is 0.980 bits per heavy atom. The van der Waals surface area contributed by atoms with Gasteiger partial charge < -0.3 is 41.0 Å². The Morgan fingerprint density at radius 2 is 1.76 bits per heavy atom. The van der Waals surface area contributed by atoms with Gasteiger partial charge in [-0.2, -0.15) is 5.26 Å². The first-order valence-electron chi connectivity index (χ1n) is 16.1. The molecule has 0 aliphatic rings. The number of hydrogen-bond donors (Lipinski definition) is 6. The van der Waals surface area contributed by atoms with E-state index < -0.39 is 0 Å². The van der Waals surface area contributed by atoms with Crippen LogP contribution in [-0.2, 0) is 19.8 Å². The molecule has 0 amide bonds. The molecule has 0 saturated heterocycles. The minimum Gasteiger partial charge on any atom is -0.488 e. The molecule has 4 aromatic rings. The molecule has 0 fully saturated rings. The highest BCUT2D eigenvalue weighted by Gasteiger charge is 2.16. The number of halogens is 2. The van der Waals surface area contributed by atoms with Gasteiger partial charge in [-0.3, -0.25) is 4.98 Å². The predicted molar refractivity (Wildman–Crippen MR) is 198 cm³/mol. The second kappa shape index (κ2) is 19.8. The van der Waals surface area contributed by atoms with E-state index in [4.69, 9.17) is 31.6 Å². The predicted octanol–water partition coefficient (Wildman–Crippen LogP) is 6.44. The molecule has 1 atom stereocenters. The smallest absolute Gasteiger partial charge is 0.142 e. The van der Waals surface area contributed by atoms with Crippen molar-refractivity contribution < 1.29 is 19.7 Å². The van der Waals surface area contributed by atoms with Gasteiger partial charge >= 0.3 is 0 Å². The molecule has 6 N–H and O–H groups in total. The highest BCUT2D eigenvalue weighted by atomic mass is 79.9. The number of aliphatic hydroxyl groups excluding tert-OH is 2. The van der Waals surface area contributed by atoms with Crippen molar-refractivity contribution in [2.45, 2.75) is 45.6 Å². The molecule has 0 spiro atoms. The Kier molecular flexibility index (Phi) is 15.3. The summed E-state index contributed by atoms with van der Waals surface area (Å²) in [5, 5.41) is 46.2. The fourth-order valence-electron chi connectivity index (χ4n) is 5.06. The lowest BCUT2D eigenvalue weighted by atomic mass is 9.97. The van der Waals surface area contributed by atoms with E-state index in [0.717, 1.165) is 69.5 Å². The molecule has 1 unspecified atom stereocenters. The molecule has 1 aromatic heterocycles. The van der Waals surface area contributed by atoms with Crippen LogP contribution in [0.15, 0.2) is 71.5 Å². The van der Waals surface area contributed by atoms with Gasteiger partial charge in [-0.05, 0) is 71.6 Å². The van der Waals surface area contributed by atoms with Gasteiger partial charge in [0.1, 0.15) is 30.8 Å². The van der Waals surface area contributed by atoms with Crippen LogP contribution in [0.25, 0.3) is 11.1 Å². The average molecular weight is 750 g/mol. The fraction of sp³-hybridized carbons (Fsp3) is 0.324. The molecule has 0 saturated carbocycles. The molecule has 0 aliphatic carbocycles. The number of aliphatic hydroxyl groups is 2. The van der Waals surface area contributed by atoms with E-state index in [-0.39, 0.29) is 32.5 Å². The van der Waals surface area contributed by atoms with Gasteiger partial charge in [-0.1, -0.05) is 41.9 Å². The molecule has 49 heavy (non-hydrogen) atoms. The summed E-state index contributed by atoms with van der Waals surface area (Å²) in [6.45, 7) is 5.02. The molecular formula is C37H42BrClN6O4. The minimum atomic E-state index is -0.126. The molecule has 4 rings (SSSR count). The number of ether oxygens (including phenoxy) is 2. The van der Waals surface area contributed by atoms with E-state index in [9.17, 15) is 10.4 Å². The third-order valence-corrected chi connectivity index (χ3v) is 8.97. The number of nitriles is 1. The van der Waals surface area contributed by atoms with Gasteiger partial charge in [0.15, 0.2) is 0 Å². The van der Waals surface area contributed by atoms with Crippen molar-refractivity contribution in [3.05, 3.63) is 104 Å². The van der Waals surface area contributed by atoms with Gasteiger partial charge in [-0.15, -0.1) is 0 Å². The van der Waals surface area contributed by atoms with Crippen molar-refractivity contribution >= 4 is 39.4 Å². The van der Waals surface area contributed by atoms with Crippen LogP contribution in [0, 0.1) is 16.7 Å². The quantitative estimate of drug-likeness (QED) is 0.0443. The van der Waals surface area contributed by atoms with Gasteiger partial charge in [-0.25, -0.2) is 0 Å². The molecular weight excluding hydrogens is 708 g/mol. The van der Waals surface area contributed by atoms with Crippen molar-refractivity contribution in [2.75, 3.05) is 38.2 Å². The number of hydrogen-bond acceptors (Lipinski definition) is 10. The van der Waals surface area contributed by atoms with Crippen LogP contribution in [0.5, 0.6) is 11.5 Å². The Labute approximate surface area is 301 Å². The van der Waals surface area contributed by atoms with Crippen molar-refractivity contribution in [3.63, 3.8) is 0 Å². The van der Waals surface area contributed by atoms with Gasteiger partial charge in [0.05, 0.1) is 23.8 Å². The number of benzene rings is 3. The molecule has 0 bridgehead atoms. The van der Waals surface area contributed by atoms with E-state index >= 15 is 0 Å². The zero-order chi connectivity index (χ0) is 35.0. The second-order valence-corrected chi connectivity index (χ2v) is 12.6. The van der Waals surface area contributed by atoms with E-state index in [1.54, 1.807) is 24.4 Å². The van der Waals surface area contributed by atoms with Crippen molar-refractivity contribution in [3.8, 4) is 28.7 Å². The zero-order valence-electron chi connectivity index (χ0n) is 27.4. The molecule has 1 heterocycles. The third-order valence-electron chi connectivity index (χ3n) is 7.74. The van der Waals surface area contributed by atoms with E-state index in [2.05, 4.69) is 42.9 Å². The van der Waals surface area contributed by atoms with Crippen molar-refractivity contribution in [1.29, 1.82) is 10.7 Å².